The molecule has 0 bridgehead atoms. The lowest BCUT2D eigenvalue weighted by atomic mass is 9.86. The Kier molecular flexibility index (Phi) is 3.99. The van der Waals surface area contributed by atoms with E-state index in [0.717, 1.165) is 44.7 Å². The Bertz CT molecular complexity index is 464. The van der Waals surface area contributed by atoms with E-state index in [2.05, 4.69) is 30.1 Å². The molecule has 3 nitrogen and oxygen atoms in total. The van der Waals surface area contributed by atoms with Crippen molar-refractivity contribution in [2.24, 2.45) is 5.73 Å². The molecule has 0 radical (unpaired) electrons. The standard InChI is InChI=1S/C17H26N2O/c1-19-10-7-17(18,8-11-19)9-12-20-16-6-5-14-3-2-4-15(14)13-16/h5-6,13H,2-4,7-12,18H2,1H3. The van der Waals surface area contributed by atoms with Crippen LogP contribution in [0.5, 0.6) is 5.75 Å². The van der Waals surface area contributed by atoms with Crippen molar-refractivity contribution >= 4 is 0 Å². The van der Waals surface area contributed by atoms with Gasteiger partial charge < -0.3 is 15.4 Å². The molecular formula is C17H26N2O. The average molecular weight is 274 g/mol. The SMILES string of the molecule is CN1CCC(N)(CCOc2ccc3c(c2)CCC3)CC1. The van der Waals surface area contributed by atoms with E-state index in [9.17, 15) is 0 Å². The molecule has 3 rings (SSSR count). The first-order chi connectivity index (χ1) is 9.65. The Hall–Kier alpha value is -1.06. The molecule has 1 aromatic rings. The molecule has 1 aromatic carbocycles. The number of nitrogens with two attached hydrogens (primary N) is 1. The number of ether oxygens (including phenoxy) is 1. The zero-order valence-corrected chi connectivity index (χ0v) is 12.5. The van der Waals surface area contributed by atoms with E-state index < -0.39 is 0 Å². The molecule has 1 fully saturated rings. The van der Waals surface area contributed by atoms with Gasteiger partial charge >= 0.3 is 0 Å². The van der Waals surface area contributed by atoms with E-state index >= 15 is 0 Å². The third-order valence-corrected chi connectivity index (χ3v) is 4.92. The topological polar surface area (TPSA) is 38.5 Å². The lowest BCUT2D eigenvalue weighted by Gasteiger charge is -2.37. The van der Waals surface area contributed by atoms with Gasteiger partial charge in [0.15, 0.2) is 0 Å². The van der Waals surface area contributed by atoms with Crippen molar-refractivity contribution in [3.8, 4) is 5.75 Å². The molecule has 0 saturated carbocycles. The summed E-state index contributed by atoms with van der Waals surface area (Å²) in [4.78, 5) is 2.35. The Morgan fingerprint density at radius 1 is 1.20 bits per heavy atom. The van der Waals surface area contributed by atoms with Crippen LogP contribution in [0.25, 0.3) is 0 Å². The van der Waals surface area contributed by atoms with Crippen LogP contribution in [0.2, 0.25) is 0 Å². The number of nitrogens with zero attached hydrogens (tertiary/aromatic N) is 1. The molecule has 1 aliphatic heterocycles. The van der Waals surface area contributed by atoms with Crippen LogP contribution < -0.4 is 10.5 Å². The zero-order valence-electron chi connectivity index (χ0n) is 12.5. The van der Waals surface area contributed by atoms with Crippen LogP contribution in [-0.4, -0.2) is 37.2 Å². The average Bonchev–Trinajstić information content (AvgIpc) is 2.90. The minimum Gasteiger partial charge on any atom is -0.494 e. The molecule has 0 amide bonds. The van der Waals surface area contributed by atoms with E-state index in [4.69, 9.17) is 10.5 Å². The number of aryl methyl sites for hydroxylation is 2. The number of fused-ring (bicyclic) bond motifs is 1. The van der Waals surface area contributed by atoms with E-state index in [1.807, 2.05) is 0 Å². The van der Waals surface area contributed by atoms with Gasteiger partial charge in [0.1, 0.15) is 5.75 Å². The third kappa shape index (κ3) is 3.15. The minimum absolute atomic E-state index is 0.0246. The van der Waals surface area contributed by atoms with Gasteiger partial charge in [-0.3, -0.25) is 0 Å². The van der Waals surface area contributed by atoms with Gasteiger partial charge in [0.25, 0.3) is 0 Å². The van der Waals surface area contributed by atoms with Crippen molar-refractivity contribution in [3.63, 3.8) is 0 Å². The van der Waals surface area contributed by atoms with Crippen molar-refractivity contribution < 1.29 is 4.74 Å². The van der Waals surface area contributed by atoms with Crippen LogP contribution in [0.15, 0.2) is 18.2 Å². The molecule has 2 aliphatic rings. The fourth-order valence-corrected chi connectivity index (χ4v) is 3.32. The molecule has 2 N–H and O–H groups in total. The van der Waals surface area contributed by atoms with Gasteiger partial charge in [-0.2, -0.15) is 0 Å². The molecule has 0 aromatic heterocycles. The highest BCUT2D eigenvalue weighted by Gasteiger charge is 2.29. The van der Waals surface area contributed by atoms with E-state index in [-0.39, 0.29) is 5.54 Å². The number of hydrogen-bond donors (Lipinski definition) is 1. The fourth-order valence-electron chi connectivity index (χ4n) is 3.32. The molecule has 1 saturated heterocycles. The summed E-state index contributed by atoms with van der Waals surface area (Å²) in [6.07, 6.45) is 6.85. The lowest BCUT2D eigenvalue weighted by molar-refractivity contribution is 0.159. The maximum atomic E-state index is 6.47. The largest absolute Gasteiger partial charge is 0.494 e. The first-order valence-electron chi connectivity index (χ1n) is 7.87. The quantitative estimate of drug-likeness (QED) is 0.916. The summed E-state index contributed by atoms with van der Waals surface area (Å²) >= 11 is 0. The first-order valence-corrected chi connectivity index (χ1v) is 7.87. The summed E-state index contributed by atoms with van der Waals surface area (Å²) in [6.45, 7) is 2.95. The van der Waals surface area contributed by atoms with Gasteiger partial charge in [-0.15, -0.1) is 0 Å². The molecule has 0 unspecified atom stereocenters. The zero-order chi connectivity index (χ0) is 14.0. The van der Waals surface area contributed by atoms with Gasteiger partial charge in [0, 0.05) is 5.54 Å². The van der Waals surface area contributed by atoms with Gasteiger partial charge in [-0.25, -0.2) is 0 Å². The molecule has 3 heteroatoms. The summed E-state index contributed by atoms with van der Waals surface area (Å²) in [7, 11) is 2.17. The minimum atomic E-state index is -0.0246. The van der Waals surface area contributed by atoms with Crippen LogP contribution in [0, 0.1) is 0 Å². The summed E-state index contributed by atoms with van der Waals surface area (Å²) < 4.78 is 5.93. The summed E-state index contributed by atoms with van der Waals surface area (Å²) in [5, 5.41) is 0. The smallest absolute Gasteiger partial charge is 0.119 e. The number of likely N-dealkylation sites (tertiary alicyclic amines) is 1. The Labute approximate surface area is 122 Å². The Morgan fingerprint density at radius 2 is 1.95 bits per heavy atom. The van der Waals surface area contributed by atoms with Crippen molar-refractivity contribution in [1.82, 2.24) is 4.90 Å². The third-order valence-electron chi connectivity index (χ3n) is 4.92. The van der Waals surface area contributed by atoms with Crippen LogP contribution in [0.3, 0.4) is 0 Å². The van der Waals surface area contributed by atoms with Gasteiger partial charge in [0.05, 0.1) is 6.61 Å². The van der Waals surface area contributed by atoms with Crippen molar-refractivity contribution in [3.05, 3.63) is 29.3 Å². The van der Waals surface area contributed by atoms with Crippen molar-refractivity contribution in [1.29, 1.82) is 0 Å². The summed E-state index contributed by atoms with van der Waals surface area (Å²) in [5.74, 6) is 1.02. The van der Waals surface area contributed by atoms with Crippen molar-refractivity contribution in [2.75, 3.05) is 26.7 Å². The van der Waals surface area contributed by atoms with Crippen LogP contribution in [0.4, 0.5) is 0 Å². The maximum absolute atomic E-state index is 6.47. The highest BCUT2D eigenvalue weighted by Crippen LogP contribution is 2.27. The van der Waals surface area contributed by atoms with Gasteiger partial charge in [-0.05, 0) is 81.9 Å². The lowest BCUT2D eigenvalue weighted by Crippen LogP contribution is -2.50. The summed E-state index contributed by atoms with van der Waals surface area (Å²) in [6, 6.07) is 6.56. The highest BCUT2D eigenvalue weighted by atomic mass is 16.5. The first kappa shape index (κ1) is 13.9. The fraction of sp³-hybridized carbons (Fsp3) is 0.647. The second-order valence-corrected chi connectivity index (χ2v) is 6.55. The monoisotopic (exact) mass is 274 g/mol. The van der Waals surface area contributed by atoms with E-state index in [0.29, 0.717) is 0 Å². The van der Waals surface area contributed by atoms with Crippen molar-refractivity contribution in [2.45, 2.75) is 44.1 Å². The van der Waals surface area contributed by atoms with Gasteiger partial charge in [0.2, 0.25) is 0 Å². The molecule has 1 aliphatic carbocycles. The van der Waals surface area contributed by atoms with E-state index in [1.54, 1.807) is 0 Å². The predicted molar refractivity (Wildman–Crippen MR) is 82.2 cm³/mol. The second-order valence-electron chi connectivity index (χ2n) is 6.55. The number of piperidine rings is 1. The highest BCUT2D eigenvalue weighted by molar-refractivity contribution is 5.38. The van der Waals surface area contributed by atoms with Crippen LogP contribution in [0.1, 0.15) is 36.8 Å². The molecule has 0 spiro atoms. The molecule has 20 heavy (non-hydrogen) atoms. The van der Waals surface area contributed by atoms with E-state index in [1.165, 1.54) is 30.4 Å². The predicted octanol–water partition coefficient (Wildman–Crippen LogP) is 2.37. The molecule has 110 valence electrons. The molecule has 1 heterocycles. The number of benzene rings is 1. The second kappa shape index (κ2) is 5.74. The van der Waals surface area contributed by atoms with Gasteiger partial charge in [-0.1, -0.05) is 6.07 Å². The molecule has 0 atom stereocenters. The van der Waals surface area contributed by atoms with Crippen LogP contribution in [-0.2, 0) is 12.8 Å². The Morgan fingerprint density at radius 3 is 2.75 bits per heavy atom. The maximum Gasteiger partial charge on any atom is 0.119 e. The number of rotatable bonds is 4. The number of hydrogen-bond acceptors (Lipinski definition) is 3. The van der Waals surface area contributed by atoms with Crippen LogP contribution >= 0.6 is 0 Å². The normalized spacial score (nSPS) is 21.7. The molecular weight excluding hydrogens is 248 g/mol. The summed E-state index contributed by atoms with van der Waals surface area (Å²) in [5.41, 5.74) is 9.42. The Balaban J connectivity index is 1.50.